The van der Waals surface area contributed by atoms with Gasteiger partial charge in [-0.05, 0) is 6.42 Å². The lowest BCUT2D eigenvalue weighted by atomic mass is 9.91. The number of carbonyl (C=O) groups is 2. The SMILES string of the molecule is C=CCN1CCN(C)C(=O)[C@@]12CCN(C(=O)CCOC)C2. The maximum atomic E-state index is 12.7. The number of hydrogen-bond donors (Lipinski definition) is 0. The first-order valence-electron chi connectivity index (χ1n) is 7.43. The van der Waals surface area contributed by atoms with Crippen molar-refractivity contribution in [3.8, 4) is 0 Å². The minimum atomic E-state index is -0.566. The van der Waals surface area contributed by atoms with E-state index in [0.29, 0.717) is 39.1 Å². The van der Waals surface area contributed by atoms with Crippen LogP contribution in [0.2, 0.25) is 0 Å². The number of likely N-dealkylation sites (tertiary alicyclic amines) is 1. The molecule has 0 aromatic rings. The summed E-state index contributed by atoms with van der Waals surface area (Å²) >= 11 is 0. The molecule has 6 heteroatoms. The van der Waals surface area contributed by atoms with Crippen molar-refractivity contribution in [1.29, 1.82) is 0 Å². The highest BCUT2D eigenvalue weighted by atomic mass is 16.5. The van der Waals surface area contributed by atoms with E-state index in [1.54, 1.807) is 16.9 Å². The monoisotopic (exact) mass is 295 g/mol. The van der Waals surface area contributed by atoms with E-state index in [0.717, 1.165) is 13.1 Å². The largest absolute Gasteiger partial charge is 0.384 e. The van der Waals surface area contributed by atoms with Crippen molar-refractivity contribution in [2.75, 3.05) is 53.5 Å². The highest BCUT2D eigenvalue weighted by molar-refractivity contribution is 5.89. The fourth-order valence-electron chi connectivity index (χ4n) is 3.29. The Labute approximate surface area is 126 Å². The molecule has 1 spiro atoms. The molecule has 2 rings (SSSR count). The third kappa shape index (κ3) is 2.96. The van der Waals surface area contributed by atoms with Gasteiger partial charge in [0, 0.05) is 46.9 Å². The summed E-state index contributed by atoms with van der Waals surface area (Å²) in [7, 11) is 3.43. The molecule has 0 bridgehead atoms. The molecule has 0 aromatic carbocycles. The zero-order valence-electron chi connectivity index (χ0n) is 13.0. The second-order valence-electron chi connectivity index (χ2n) is 5.80. The van der Waals surface area contributed by atoms with Gasteiger partial charge in [0.2, 0.25) is 11.8 Å². The van der Waals surface area contributed by atoms with E-state index < -0.39 is 5.54 Å². The molecule has 1 atom stereocenters. The molecule has 2 amide bonds. The number of carbonyl (C=O) groups excluding carboxylic acids is 2. The van der Waals surface area contributed by atoms with Crippen molar-refractivity contribution in [3.63, 3.8) is 0 Å². The quantitative estimate of drug-likeness (QED) is 0.668. The number of nitrogens with zero attached hydrogens (tertiary/aromatic N) is 3. The normalized spacial score (nSPS) is 26.7. The Bertz CT molecular complexity index is 426. The molecule has 2 fully saturated rings. The van der Waals surface area contributed by atoms with Crippen LogP contribution in [0.1, 0.15) is 12.8 Å². The van der Waals surface area contributed by atoms with Crippen molar-refractivity contribution >= 4 is 11.8 Å². The molecule has 0 aliphatic carbocycles. The highest BCUT2D eigenvalue weighted by Gasteiger charge is 2.52. The second kappa shape index (κ2) is 6.58. The summed E-state index contributed by atoms with van der Waals surface area (Å²) in [5, 5.41) is 0. The van der Waals surface area contributed by atoms with Crippen LogP contribution in [0.3, 0.4) is 0 Å². The summed E-state index contributed by atoms with van der Waals surface area (Å²) in [5.41, 5.74) is -0.566. The van der Waals surface area contributed by atoms with E-state index in [1.807, 2.05) is 13.1 Å². The van der Waals surface area contributed by atoms with Crippen LogP contribution in [0.15, 0.2) is 12.7 Å². The van der Waals surface area contributed by atoms with Crippen molar-refractivity contribution in [1.82, 2.24) is 14.7 Å². The van der Waals surface area contributed by atoms with Crippen LogP contribution in [-0.2, 0) is 14.3 Å². The summed E-state index contributed by atoms with van der Waals surface area (Å²) in [6, 6.07) is 0. The van der Waals surface area contributed by atoms with Gasteiger partial charge in [-0.3, -0.25) is 14.5 Å². The van der Waals surface area contributed by atoms with Crippen LogP contribution in [0, 0.1) is 0 Å². The Morgan fingerprint density at radius 3 is 2.86 bits per heavy atom. The number of ether oxygens (including phenoxy) is 1. The van der Waals surface area contributed by atoms with Crippen LogP contribution in [0.5, 0.6) is 0 Å². The van der Waals surface area contributed by atoms with Gasteiger partial charge < -0.3 is 14.5 Å². The summed E-state index contributed by atoms with van der Waals surface area (Å²) in [6.45, 7) is 7.56. The van der Waals surface area contributed by atoms with Gasteiger partial charge >= 0.3 is 0 Å². The molecule has 0 saturated carbocycles. The fourth-order valence-corrected chi connectivity index (χ4v) is 3.29. The molecule has 2 aliphatic rings. The molecule has 0 aromatic heterocycles. The zero-order valence-corrected chi connectivity index (χ0v) is 13.0. The topological polar surface area (TPSA) is 53.1 Å². The van der Waals surface area contributed by atoms with Gasteiger partial charge in [0.15, 0.2) is 0 Å². The maximum Gasteiger partial charge on any atom is 0.244 e. The Morgan fingerprint density at radius 1 is 1.43 bits per heavy atom. The standard InChI is InChI=1S/C15H25N3O3/c1-4-7-18-10-9-16(2)14(20)15(18)6-8-17(12-15)13(19)5-11-21-3/h4H,1,5-12H2,2-3H3/t15-/m0/s1. The molecule has 0 N–H and O–H groups in total. The Kier molecular flexibility index (Phi) is 5.00. The van der Waals surface area contributed by atoms with Crippen LogP contribution in [-0.4, -0.2) is 85.5 Å². The van der Waals surface area contributed by atoms with Crippen molar-refractivity contribution in [2.24, 2.45) is 0 Å². The number of piperazine rings is 1. The zero-order chi connectivity index (χ0) is 15.5. The minimum absolute atomic E-state index is 0.0632. The van der Waals surface area contributed by atoms with E-state index >= 15 is 0 Å². The maximum absolute atomic E-state index is 12.7. The lowest BCUT2D eigenvalue weighted by molar-refractivity contribution is -0.148. The van der Waals surface area contributed by atoms with Gasteiger partial charge in [0.25, 0.3) is 0 Å². The van der Waals surface area contributed by atoms with Gasteiger partial charge in [-0.25, -0.2) is 0 Å². The van der Waals surface area contributed by atoms with Gasteiger partial charge in [-0.1, -0.05) is 6.08 Å². The molecule has 2 heterocycles. The number of methoxy groups -OCH3 is 1. The molecular formula is C15H25N3O3. The predicted octanol–water partition coefficient (Wildman–Crippen LogP) is -0.0460. The molecule has 0 unspecified atom stereocenters. The number of rotatable bonds is 5. The molecule has 0 radical (unpaired) electrons. The Balaban J connectivity index is 2.13. The number of hydrogen-bond acceptors (Lipinski definition) is 4. The van der Waals surface area contributed by atoms with Crippen LogP contribution in [0.25, 0.3) is 0 Å². The average Bonchev–Trinajstić information content (AvgIpc) is 2.92. The lowest BCUT2D eigenvalue weighted by Crippen LogP contribution is -2.66. The third-order valence-corrected chi connectivity index (χ3v) is 4.53. The van der Waals surface area contributed by atoms with E-state index in [-0.39, 0.29) is 11.8 Å². The fraction of sp³-hybridized carbons (Fsp3) is 0.733. The van der Waals surface area contributed by atoms with Gasteiger partial charge in [0.1, 0.15) is 5.54 Å². The Hall–Kier alpha value is -1.40. The molecular weight excluding hydrogens is 270 g/mol. The van der Waals surface area contributed by atoms with Gasteiger partial charge in [-0.15, -0.1) is 6.58 Å². The first-order chi connectivity index (χ1) is 10.0. The second-order valence-corrected chi connectivity index (χ2v) is 5.80. The Morgan fingerprint density at radius 2 is 2.19 bits per heavy atom. The van der Waals surface area contributed by atoms with E-state index in [4.69, 9.17) is 4.74 Å². The molecule has 2 aliphatic heterocycles. The summed E-state index contributed by atoms with van der Waals surface area (Å²) in [5.74, 6) is 0.186. The first-order valence-corrected chi connectivity index (χ1v) is 7.43. The van der Waals surface area contributed by atoms with Crippen molar-refractivity contribution in [3.05, 3.63) is 12.7 Å². The van der Waals surface area contributed by atoms with Crippen molar-refractivity contribution in [2.45, 2.75) is 18.4 Å². The molecule has 2 saturated heterocycles. The van der Waals surface area contributed by atoms with E-state index in [2.05, 4.69) is 11.5 Å². The summed E-state index contributed by atoms with van der Waals surface area (Å²) in [4.78, 5) is 30.6. The number of likely N-dealkylation sites (N-methyl/N-ethyl adjacent to an activating group) is 1. The van der Waals surface area contributed by atoms with Gasteiger partial charge in [0.05, 0.1) is 13.0 Å². The predicted molar refractivity (Wildman–Crippen MR) is 79.8 cm³/mol. The summed E-state index contributed by atoms with van der Waals surface area (Å²) in [6.07, 6.45) is 2.90. The molecule has 118 valence electrons. The van der Waals surface area contributed by atoms with Crippen LogP contribution >= 0.6 is 0 Å². The van der Waals surface area contributed by atoms with E-state index in [9.17, 15) is 9.59 Å². The molecule has 6 nitrogen and oxygen atoms in total. The lowest BCUT2D eigenvalue weighted by Gasteiger charge is -2.46. The average molecular weight is 295 g/mol. The molecule has 21 heavy (non-hydrogen) atoms. The van der Waals surface area contributed by atoms with Gasteiger partial charge in [-0.2, -0.15) is 0 Å². The minimum Gasteiger partial charge on any atom is -0.384 e. The number of amides is 2. The third-order valence-electron chi connectivity index (χ3n) is 4.53. The van der Waals surface area contributed by atoms with E-state index in [1.165, 1.54) is 0 Å². The van der Waals surface area contributed by atoms with Crippen molar-refractivity contribution < 1.29 is 14.3 Å². The summed E-state index contributed by atoms with van der Waals surface area (Å²) < 4.78 is 4.96. The van der Waals surface area contributed by atoms with Crippen LogP contribution < -0.4 is 0 Å². The highest BCUT2D eigenvalue weighted by Crippen LogP contribution is 2.32. The smallest absolute Gasteiger partial charge is 0.244 e. The van der Waals surface area contributed by atoms with Crippen LogP contribution in [0.4, 0.5) is 0 Å². The first kappa shape index (κ1) is 16.0.